The van der Waals surface area contributed by atoms with Crippen LogP contribution >= 0.6 is 0 Å². The molecular weight excluding hydrogens is 226 g/mol. The molecule has 1 heterocycles. The van der Waals surface area contributed by atoms with Gasteiger partial charge in [-0.2, -0.15) is 0 Å². The molecule has 4 nitrogen and oxygen atoms in total. The van der Waals surface area contributed by atoms with E-state index >= 15 is 0 Å². The number of hydrogen-bond acceptors (Lipinski definition) is 3. The van der Waals surface area contributed by atoms with Crippen LogP contribution in [0.15, 0.2) is 18.5 Å². The fourth-order valence-electron chi connectivity index (χ4n) is 1.83. The van der Waals surface area contributed by atoms with E-state index in [0.717, 1.165) is 38.2 Å². The van der Waals surface area contributed by atoms with E-state index in [1.54, 1.807) is 18.5 Å². The first-order valence-electron chi connectivity index (χ1n) is 6.71. The fraction of sp³-hybridized carbons (Fsp3) is 0.571. The maximum atomic E-state index is 12.4. The van der Waals surface area contributed by atoms with Gasteiger partial charge >= 0.3 is 0 Å². The van der Waals surface area contributed by atoms with Crippen LogP contribution in [0.1, 0.15) is 44.0 Å². The lowest BCUT2D eigenvalue weighted by atomic mass is 10.2. The second-order valence-electron chi connectivity index (χ2n) is 4.19. The third-order valence-electron chi connectivity index (χ3n) is 2.87. The summed E-state index contributed by atoms with van der Waals surface area (Å²) in [5.41, 5.74) is 1.53. The SMILES string of the molecule is CCCCN(CC)C(=O)c1ccncc1NCC. The predicted molar refractivity (Wildman–Crippen MR) is 74.9 cm³/mol. The molecule has 0 bridgehead atoms. The summed E-state index contributed by atoms with van der Waals surface area (Å²) in [7, 11) is 0. The van der Waals surface area contributed by atoms with Gasteiger partial charge < -0.3 is 10.2 Å². The first-order chi connectivity index (χ1) is 8.74. The summed E-state index contributed by atoms with van der Waals surface area (Å²) in [5.74, 6) is 0.0873. The van der Waals surface area contributed by atoms with Gasteiger partial charge in [0.1, 0.15) is 0 Å². The highest BCUT2D eigenvalue weighted by molar-refractivity contribution is 5.99. The Bertz CT molecular complexity index is 379. The molecule has 0 radical (unpaired) electrons. The third kappa shape index (κ3) is 3.72. The predicted octanol–water partition coefficient (Wildman–Crippen LogP) is 2.78. The number of nitrogens with zero attached hydrogens (tertiary/aromatic N) is 2. The molecule has 1 rings (SSSR count). The molecule has 0 saturated heterocycles. The van der Waals surface area contributed by atoms with E-state index < -0.39 is 0 Å². The van der Waals surface area contributed by atoms with Crippen molar-refractivity contribution in [2.75, 3.05) is 25.0 Å². The summed E-state index contributed by atoms with van der Waals surface area (Å²) in [4.78, 5) is 18.4. The molecule has 0 unspecified atom stereocenters. The van der Waals surface area contributed by atoms with Crippen molar-refractivity contribution in [2.45, 2.75) is 33.6 Å². The smallest absolute Gasteiger partial charge is 0.256 e. The first-order valence-corrected chi connectivity index (χ1v) is 6.71. The van der Waals surface area contributed by atoms with Crippen LogP contribution in [-0.2, 0) is 0 Å². The number of anilines is 1. The maximum absolute atomic E-state index is 12.4. The highest BCUT2D eigenvalue weighted by Crippen LogP contribution is 2.16. The van der Waals surface area contributed by atoms with E-state index in [1.165, 1.54) is 0 Å². The highest BCUT2D eigenvalue weighted by atomic mass is 16.2. The van der Waals surface area contributed by atoms with Gasteiger partial charge in [-0.25, -0.2) is 0 Å². The molecule has 0 saturated carbocycles. The Hall–Kier alpha value is -1.58. The Kier molecular flexibility index (Phi) is 6.19. The number of amides is 1. The van der Waals surface area contributed by atoms with Gasteiger partial charge in [0.15, 0.2) is 0 Å². The zero-order chi connectivity index (χ0) is 13.4. The second-order valence-corrected chi connectivity index (χ2v) is 4.19. The second kappa shape index (κ2) is 7.69. The molecule has 0 atom stereocenters. The molecule has 0 aliphatic rings. The summed E-state index contributed by atoms with van der Waals surface area (Å²) in [5, 5.41) is 3.18. The minimum absolute atomic E-state index is 0.0873. The lowest BCUT2D eigenvalue weighted by molar-refractivity contribution is 0.0763. The van der Waals surface area contributed by atoms with Crippen LogP contribution in [0, 0.1) is 0 Å². The minimum Gasteiger partial charge on any atom is -0.383 e. The van der Waals surface area contributed by atoms with Crippen molar-refractivity contribution in [1.82, 2.24) is 9.88 Å². The lowest BCUT2D eigenvalue weighted by Gasteiger charge is -2.22. The van der Waals surface area contributed by atoms with Crippen LogP contribution in [0.25, 0.3) is 0 Å². The molecule has 0 aliphatic heterocycles. The van der Waals surface area contributed by atoms with E-state index in [9.17, 15) is 4.79 Å². The Balaban J connectivity index is 2.86. The zero-order valence-electron chi connectivity index (χ0n) is 11.6. The molecular formula is C14H23N3O. The van der Waals surface area contributed by atoms with Gasteiger partial charge in [-0.3, -0.25) is 9.78 Å². The molecule has 100 valence electrons. The van der Waals surface area contributed by atoms with Crippen molar-refractivity contribution in [3.63, 3.8) is 0 Å². The minimum atomic E-state index is 0.0873. The van der Waals surface area contributed by atoms with Gasteiger partial charge in [0.2, 0.25) is 0 Å². The first kappa shape index (κ1) is 14.5. The van der Waals surface area contributed by atoms with Gasteiger partial charge in [-0.05, 0) is 26.3 Å². The van der Waals surface area contributed by atoms with E-state index in [-0.39, 0.29) is 5.91 Å². The van der Waals surface area contributed by atoms with Crippen LogP contribution in [-0.4, -0.2) is 35.4 Å². The van der Waals surface area contributed by atoms with E-state index in [2.05, 4.69) is 17.2 Å². The van der Waals surface area contributed by atoms with Crippen molar-refractivity contribution in [2.24, 2.45) is 0 Å². The van der Waals surface area contributed by atoms with Crippen molar-refractivity contribution in [3.8, 4) is 0 Å². The van der Waals surface area contributed by atoms with E-state index in [0.29, 0.717) is 5.56 Å². The van der Waals surface area contributed by atoms with Crippen LogP contribution in [0.4, 0.5) is 5.69 Å². The zero-order valence-corrected chi connectivity index (χ0v) is 11.6. The number of aromatic nitrogens is 1. The van der Waals surface area contributed by atoms with E-state index in [1.807, 2.05) is 18.7 Å². The number of hydrogen-bond donors (Lipinski definition) is 1. The molecule has 0 aliphatic carbocycles. The van der Waals surface area contributed by atoms with Crippen LogP contribution in [0.5, 0.6) is 0 Å². The fourth-order valence-corrected chi connectivity index (χ4v) is 1.83. The number of pyridine rings is 1. The van der Waals surface area contributed by atoms with E-state index in [4.69, 9.17) is 0 Å². The third-order valence-corrected chi connectivity index (χ3v) is 2.87. The number of nitrogens with one attached hydrogen (secondary N) is 1. The lowest BCUT2D eigenvalue weighted by Crippen LogP contribution is -2.32. The topological polar surface area (TPSA) is 45.2 Å². The Morgan fingerprint density at radius 2 is 2.17 bits per heavy atom. The summed E-state index contributed by atoms with van der Waals surface area (Å²) >= 11 is 0. The monoisotopic (exact) mass is 249 g/mol. The molecule has 4 heteroatoms. The van der Waals surface area contributed by atoms with Crippen molar-refractivity contribution in [1.29, 1.82) is 0 Å². The maximum Gasteiger partial charge on any atom is 0.256 e. The highest BCUT2D eigenvalue weighted by Gasteiger charge is 2.16. The number of unbranched alkanes of at least 4 members (excludes halogenated alkanes) is 1. The van der Waals surface area contributed by atoms with Crippen LogP contribution in [0.2, 0.25) is 0 Å². The summed E-state index contributed by atoms with van der Waals surface area (Å²) in [6, 6.07) is 1.79. The average molecular weight is 249 g/mol. The van der Waals surface area contributed by atoms with Crippen molar-refractivity contribution >= 4 is 11.6 Å². The van der Waals surface area contributed by atoms with Crippen LogP contribution in [0.3, 0.4) is 0 Å². The Morgan fingerprint density at radius 3 is 2.78 bits per heavy atom. The van der Waals surface area contributed by atoms with Crippen LogP contribution < -0.4 is 5.32 Å². The number of carbonyl (C=O) groups is 1. The molecule has 0 spiro atoms. The Morgan fingerprint density at radius 1 is 1.39 bits per heavy atom. The average Bonchev–Trinajstić information content (AvgIpc) is 2.40. The summed E-state index contributed by atoms with van der Waals surface area (Å²) < 4.78 is 0. The normalized spacial score (nSPS) is 10.2. The molecule has 0 fully saturated rings. The molecule has 1 amide bonds. The van der Waals surface area contributed by atoms with Gasteiger partial charge in [-0.1, -0.05) is 13.3 Å². The quantitative estimate of drug-likeness (QED) is 0.808. The van der Waals surface area contributed by atoms with Gasteiger partial charge in [0, 0.05) is 25.8 Å². The standard InChI is InChI=1S/C14H23N3O/c1-4-7-10-17(6-3)14(18)12-8-9-15-11-13(12)16-5-2/h8-9,11,16H,4-7,10H2,1-3H3. The van der Waals surface area contributed by atoms with Gasteiger partial charge in [0.05, 0.1) is 17.4 Å². The molecule has 1 aromatic rings. The largest absolute Gasteiger partial charge is 0.383 e. The molecule has 1 aromatic heterocycles. The Labute approximate surface area is 109 Å². The number of rotatable bonds is 7. The van der Waals surface area contributed by atoms with Gasteiger partial charge in [-0.15, -0.1) is 0 Å². The van der Waals surface area contributed by atoms with Crippen molar-refractivity contribution in [3.05, 3.63) is 24.0 Å². The number of carbonyl (C=O) groups excluding carboxylic acids is 1. The van der Waals surface area contributed by atoms with Gasteiger partial charge in [0.25, 0.3) is 5.91 Å². The molecule has 1 N–H and O–H groups in total. The molecule has 18 heavy (non-hydrogen) atoms. The summed E-state index contributed by atoms with van der Waals surface area (Å²) in [6.45, 7) is 8.51. The van der Waals surface area contributed by atoms with Crippen molar-refractivity contribution < 1.29 is 4.79 Å². The molecule has 0 aromatic carbocycles. The summed E-state index contributed by atoms with van der Waals surface area (Å²) in [6.07, 6.45) is 5.52.